The van der Waals surface area contributed by atoms with E-state index in [1.165, 1.54) is 22.7 Å². The number of aromatic nitrogens is 3. The number of H-pyrrole nitrogens is 1. The fourth-order valence-corrected chi connectivity index (χ4v) is 3.98. The third kappa shape index (κ3) is 3.93. The molecule has 0 amide bonds. The first-order valence-electron chi connectivity index (χ1n) is 10.6. The Morgan fingerprint density at radius 1 is 0.971 bits per heavy atom. The molecule has 0 fully saturated rings. The largest absolute Gasteiger partial charge is 0.497 e. The lowest BCUT2D eigenvalue weighted by molar-refractivity contribution is -0.384. The number of hydrogen-bond donors (Lipinski definition) is 1. The molecule has 168 valence electrons. The van der Waals surface area contributed by atoms with Crippen LogP contribution in [0.1, 0.15) is 11.3 Å². The number of nitro benzene ring substituents is 1. The second-order valence-corrected chi connectivity index (χ2v) is 7.80. The van der Waals surface area contributed by atoms with Crippen molar-refractivity contribution in [3.63, 3.8) is 0 Å². The normalized spacial score (nSPS) is 11.0. The van der Waals surface area contributed by atoms with Gasteiger partial charge < -0.3 is 9.72 Å². The highest BCUT2D eigenvalue weighted by Gasteiger charge is 2.19. The van der Waals surface area contributed by atoms with E-state index in [0.717, 1.165) is 28.1 Å². The van der Waals surface area contributed by atoms with Crippen LogP contribution in [0.15, 0.2) is 89.7 Å². The van der Waals surface area contributed by atoms with Crippen molar-refractivity contribution >= 4 is 11.3 Å². The number of benzene rings is 3. The SMILES string of the molecule is COc1ccc(-c2c(Cc3ccccc3)nn3c(=O)cc(-c4ccc([N+](=O)[O-])cc4)[nH]c23)cc1. The van der Waals surface area contributed by atoms with Crippen LogP contribution in [-0.4, -0.2) is 26.6 Å². The smallest absolute Gasteiger partial charge is 0.274 e. The summed E-state index contributed by atoms with van der Waals surface area (Å²) in [7, 11) is 1.61. The maximum Gasteiger partial charge on any atom is 0.274 e. The summed E-state index contributed by atoms with van der Waals surface area (Å²) >= 11 is 0. The Morgan fingerprint density at radius 2 is 1.65 bits per heavy atom. The molecule has 0 atom stereocenters. The number of hydrogen-bond acceptors (Lipinski definition) is 5. The van der Waals surface area contributed by atoms with Crippen molar-refractivity contribution in [3.8, 4) is 28.1 Å². The number of aromatic amines is 1. The van der Waals surface area contributed by atoms with Crippen LogP contribution >= 0.6 is 0 Å². The molecule has 2 aromatic heterocycles. The van der Waals surface area contributed by atoms with E-state index in [2.05, 4.69) is 10.1 Å². The summed E-state index contributed by atoms with van der Waals surface area (Å²) in [6, 6.07) is 25.0. The van der Waals surface area contributed by atoms with E-state index >= 15 is 0 Å². The third-order valence-corrected chi connectivity index (χ3v) is 5.67. The highest BCUT2D eigenvalue weighted by Crippen LogP contribution is 2.31. The number of nitrogens with one attached hydrogen (secondary N) is 1. The molecule has 5 rings (SSSR count). The lowest BCUT2D eigenvalue weighted by atomic mass is 10.0. The fourth-order valence-electron chi connectivity index (χ4n) is 3.98. The molecule has 2 heterocycles. The van der Waals surface area contributed by atoms with Crippen molar-refractivity contribution in [2.75, 3.05) is 7.11 Å². The third-order valence-electron chi connectivity index (χ3n) is 5.67. The van der Waals surface area contributed by atoms with Gasteiger partial charge in [-0.15, -0.1) is 0 Å². The van der Waals surface area contributed by atoms with Crippen LogP contribution in [-0.2, 0) is 6.42 Å². The minimum absolute atomic E-state index is 0.0133. The van der Waals surface area contributed by atoms with Crippen molar-refractivity contribution in [2.45, 2.75) is 6.42 Å². The van der Waals surface area contributed by atoms with Gasteiger partial charge in [0, 0.05) is 30.2 Å². The molecular formula is C26H20N4O4. The summed E-state index contributed by atoms with van der Waals surface area (Å²) < 4.78 is 6.66. The molecule has 0 spiro atoms. The molecule has 34 heavy (non-hydrogen) atoms. The van der Waals surface area contributed by atoms with Gasteiger partial charge in [-0.25, -0.2) is 0 Å². The zero-order chi connectivity index (χ0) is 23.7. The first-order valence-corrected chi connectivity index (χ1v) is 10.6. The van der Waals surface area contributed by atoms with Crippen LogP contribution in [0.4, 0.5) is 5.69 Å². The fraction of sp³-hybridized carbons (Fsp3) is 0.0769. The van der Waals surface area contributed by atoms with Gasteiger partial charge in [0.2, 0.25) is 0 Å². The molecule has 0 saturated carbocycles. The van der Waals surface area contributed by atoms with E-state index < -0.39 is 4.92 Å². The van der Waals surface area contributed by atoms with E-state index in [9.17, 15) is 14.9 Å². The molecule has 0 aliphatic carbocycles. The van der Waals surface area contributed by atoms with Gasteiger partial charge in [0.25, 0.3) is 11.2 Å². The van der Waals surface area contributed by atoms with Crippen LogP contribution in [0.25, 0.3) is 28.0 Å². The second-order valence-electron chi connectivity index (χ2n) is 7.80. The molecule has 0 aliphatic heterocycles. The Hall–Kier alpha value is -4.72. The average molecular weight is 452 g/mol. The maximum absolute atomic E-state index is 13.1. The lowest BCUT2D eigenvalue weighted by Crippen LogP contribution is -2.14. The predicted molar refractivity (Wildman–Crippen MR) is 129 cm³/mol. The first kappa shape index (κ1) is 21.1. The van der Waals surface area contributed by atoms with Crippen molar-refractivity contribution in [2.24, 2.45) is 0 Å². The molecular weight excluding hydrogens is 432 g/mol. The molecule has 3 aromatic carbocycles. The van der Waals surface area contributed by atoms with Crippen LogP contribution in [0.2, 0.25) is 0 Å². The highest BCUT2D eigenvalue weighted by atomic mass is 16.6. The monoisotopic (exact) mass is 452 g/mol. The van der Waals surface area contributed by atoms with Crippen LogP contribution in [0, 0.1) is 10.1 Å². The van der Waals surface area contributed by atoms with E-state index in [1.54, 1.807) is 19.2 Å². The van der Waals surface area contributed by atoms with Gasteiger partial charge in [0.15, 0.2) is 0 Å². The minimum atomic E-state index is -0.454. The van der Waals surface area contributed by atoms with Crippen LogP contribution < -0.4 is 10.3 Å². The molecule has 0 saturated heterocycles. The Balaban J connectivity index is 1.70. The molecule has 0 unspecified atom stereocenters. The number of fused-ring (bicyclic) bond motifs is 1. The highest BCUT2D eigenvalue weighted by molar-refractivity contribution is 5.82. The van der Waals surface area contributed by atoms with Gasteiger partial charge in [-0.3, -0.25) is 14.9 Å². The Morgan fingerprint density at radius 3 is 2.29 bits per heavy atom. The molecule has 8 nitrogen and oxygen atoms in total. The minimum Gasteiger partial charge on any atom is -0.497 e. The van der Waals surface area contributed by atoms with Gasteiger partial charge in [-0.1, -0.05) is 42.5 Å². The Bertz CT molecular complexity index is 1540. The molecule has 0 radical (unpaired) electrons. The summed E-state index contributed by atoms with van der Waals surface area (Å²) in [5.41, 5.74) is 4.98. The van der Waals surface area contributed by atoms with Gasteiger partial charge in [0.05, 0.1) is 23.4 Å². The number of rotatable bonds is 6. The summed E-state index contributed by atoms with van der Waals surface area (Å²) in [4.78, 5) is 26.9. The zero-order valence-electron chi connectivity index (χ0n) is 18.3. The predicted octanol–water partition coefficient (Wildman–Crippen LogP) is 4.86. The summed E-state index contributed by atoms with van der Waals surface area (Å²) in [5.74, 6) is 0.727. The topological polar surface area (TPSA) is 103 Å². The van der Waals surface area contributed by atoms with E-state index in [0.29, 0.717) is 23.3 Å². The Labute approximate surface area is 194 Å². The number of nitrogens with zero attached hydrogens (tertiary/aromatic N) is 3. The quantitative estimate of drug-likeness (QED) is 0.293. The summed E-state index contributed by atoms with van der Waals surface area (Å²) in [6.07, 6.45) is 0.546. The van der Waals surface area contributed by atoms with Gasteiger partial charge in [0.1, 0.15) is 11.4 Å². The molecule has 1 N–H and O–H groups in total. The standard InChI is InChI=1S/C26H20N4O4/c1-34-21-13-9-19(10-14-21)25-23(15-17-5-3-2-4-6-17)28-29-24(31)16-22(27-26(25)29)18-7-11-20(12-8-18)30(32)33/h2-14,16,27H,15H2,1H3. The zero-order valence-corrected chi connectivity index (χ0v) is 18.3. The van der Waals surface area contributed by atoms with Crippen molar-refractivity contribution < 1.29 is 9.66 Å². The molecule has 5 aromatic rings. The molecule has 8 heteroatoms. The molecule has 0 aliphatic rings. The summed E-state index contributed by atoms with van der Waals surface area (Å²) in [6.45, 7) is 0. The van der Waals surface area contributed by atoms with Gasteiger partial charge >= 0.3 is 0 Å². The number of nitro groups is 1. The first-order chi connectivity index (χ1) is 16.5. The van der Waals surface area contributed by atoms with Crippen molar-refractivity contribution in [1.29, 1.82) is 0 Å². The maximum atomic E-state index is 13.1. The number of non-ortho nitro benzene ring substituents is 1. The van der Waals surface area contributed by atoms with Crippen molar-refractivity contribution in [3.05, 3.63) is 117 Å². The average Bonchev–Trinajstić information content (AvgIpc) is 3.23. The lowest BCUT2D eigenvalue weighted by Gasteiger charge is -2.07. The van der Waals surface area contributed by atoms with Crippen LogP contribution in [0.3, 0.4) is 0 Å². The number of ether oxygens (including phenoxy) is 1. The van der Waals surface area contributed by atoms with Crippen LogP contribution in [0.5, 0.6) is 5.75 Å². The van der Waals surface area contributed by atoms with Gasteiger partial charge in [-0.2, -0.15) is 9.61 Å². The van der Waals surface area contributed by atoms with Crippen molar-refractivity contribution in [1.82, 2.24) is 14.6 Å². The Kier molecular flexibility index (Phi) is 5.39. The summed E-state index contributed by atoms with van der Waals surface area (Å²) in [5, 5.41) is 15.7. The van der Waals surface area contributed by atoms with E-state index in [-0.39, 0.29) is 11.2 Å². The number of methoxy groups -OCH3 is 1. The van der Waals surface area contributed by atoms with E-state index in [4.69, 9.17) is 4.74 Å². The van der Waals surface area contributed by atoms with Gasteiger partial charge in [-0.05, 0) is 41.0 Å². The second kappa shape index (κ2) is 8.67. The van der Waals surface area contributed by atoms with E-state index in [1.807, 2.05) is 54.6 Å². The molecule has 0 bridgehead atoms.